The van der Waals surface area contributed by atoms with Crippen molar-refractivity contribution in [3.05, 3.63) is 79.9 Å². The van der Waals surface area contributed by atoms with Crippen LogP contribution in [0.3, 0.4) is 0 Å². The van der Waals surface area contributed by atoms with Gasteiger partial charge in [-0.1, -0.05) is 58.5 Å². The fraction of sp³-hybridized carbons (Fsp3) is 0.0500. The first-order valence-corrected chi connectivity index (χ1v) is 9.85. The molecule has 0 amide bonds. The van der Waals surface area contributed by atoms with Crippen LogP contribution in [0.1, 0.15) is 15.9 Å². The van der Waals surface area contributed by atoms with Crippen molar-refractivity contribution >= 4 is 64.4 Å². The molecule has 0 bridgehead atoms. The number of methoxy groups -OCH3 is 1. The highest BCUT2D eigenvalue weighted by Crippen LogP contribution is 2.30. The van der Waals surface area contributed by atoms with E-state index in [2.05, 4.69) is 15.5 Å². The summed E-state index contributed by atoms with van der Waals surface area (Å²) in [5.74, 6) is 0.230. The second-order valence-corrected chi connectivity index (χ2v) is 7.32. The third-order valence-electron chi connectivity index (χ3n) is 3.75. The first-order valence-electron chi connectivity index (χ1n) is 8.34. The molecule has 0 saturated carbocycles. The van der Waals surface area contributed by atoms with E-state index in [1.165, 1.54) is 19.4 Å². The summed E-state index contributed by atoms with van der Waals surface area (Å²) in [6, 6.07) is 13.0. The molecule has 0 unspecified atom stereocenters. The first kappa shape index (κ1) is 22.2. The number of pyridine rings is 1. The molecule has 2 aromatic carbocycles. The summed E-state index contributed by atoms with van der Waals surface area (Å²) in [5, 5.41) is 4.97. The van der Waals surface area contributed by atoms with Crippen LogP contribution in [0.25, 0.3) is 0 Å². The maximum atomic E-state index is 12.4. The Balaban J connectivity index is 1.74. The zero-order chi connectivity index (χ0) is 21.7. The number of benzene rings is 2. The fourth-order valence-electron chi connectivity index (χ4n) is 2.32. The van der Waals surface area contributed by atoms with Crippen LogP contribution >= 0.6 is 46.4 Å². The predicted molar refractivity (Wildman–Crippen MR) is 120 cm³/mol. The van der Waals surface area contributed by atoms with Crippen LogP contribution in [-0.4, -0.2) is 24.3 Å². The van der Waals surface area contributed by atoms with Crippen LogP contribution in [0.4, 0.5) is 5.82 Å². The third-order valence-corrected chi connectivity index (χ3v) is 5.05. The van der Waals surface area contributed by atoms with Gasteiger partial charge in [0.1, 0.15) is 5.15 Å². The normalized spacial score (nSPS) is 10.8. The molecule has 0 aliphatic heterocycles. The number of hydrazone groups is 1. The van der Waals surface area contributed by atoms with Gasteiger partial charge >= 0.3 is 5.97 Å². The number of hydrogen-bond donors (Lipinski definition) is 1. The van der Waals surface area contributed by atoms with Gasteiger partial charge in [-0.05, 0) is 42.0 Å². The SMILES string of the molecule is COc1cc(C=NNc2nc(Cl)c(Cl)cc2Cl)ccc1OC(=O)c1ccccc1Cl. The predicted octanol–water partition coefficient (Wildman–Crippen LogP) is 6.37. The molecule has 0 atom stereocenters. The Hall–Kier alpha value is -2.51. The molecule has 6 nitrogen and oxygen atoms in total. The van der Waals surface area contributed by atoms with Crippen molar-refractivity contribution < 1.29 is 14.3 Å². The molecule has 10 heteroatoms. The zero-order valence-corrected chi connectivity index (χ0v) is 18.4. The van der Waals surface area contributed by atoms with Crippen LogP contribution in [-0.2, 0) is 0 Å². The topological polar surface area (TPSA) is 72.8 Å². The highest BCUT2D eigenvalue weighted by atomic mass is 35.5. The number of halogens is 4. The van der Waals surface area contributed by atoms with E-state index >= 15 is 0 Å². The maximum Gasteiger partial charge on any atom is 0.345 e. The van der Waals surface area contributed by atoms with E-state index in [9.17, 15) is 4.79 Å². The Morgan fingerprint density at radius 3 is 2.50 bits per heavy atom. The molecule has 0 aliphatic carbocycles. The Labute approximate surface area is 192 Å². The number of nitrogens with zero attached hydrogens (tertiary/aromatic N) is 2. The summed E-state index contributed by atoms with van der Waals surface area (Å²) in [4.78, 5) is 16.4. The lowest BCUT2D eigenvalue weighted by molar-refractivity contribution is 0.0730. The van der Waals surface area contributed by atoms with Crippen molar-refractivity contribution in [2.75, 3.05) is 12.5 Å². The van der Waals surface area contributed by atoms with E-state index in [1.54, 1.807) is 42.5 Å². The van der Waals surface area contributed by atoms with Crippen molar-refractivity contribution in [1.29, 1.82) is 0 Å². The van der Waals surface area contributed by atoms with Crippen LogP contribution in [0.5, 0.6) is 11.5 Å². The molecule has 1 heterocycles. The molecule has 0 aliphatic rings. The summed E-state index contributed by atoms with van der Waals surface area (Å²) >= 11 is 23.8. The van der Waals surface area contributed by atoms with Crippen molar-refractivity contribution in [2.24, 2.45) is 5.10 Å². The molecular formula is C20H13Cl4N3O3. The van der Waals surface area contributed by atoms with Gasteiger partial charge in [-0.3, -0.25) is 5.43 Å². The van der Waals surface area contributed by atoms with E-state index in [4.69, 9.17) is 55.9 Å². The second kappa shape index (κ2) is 10.00. The van der Waals surface area contributed by atoms with E-state index in [1.807, 2.05) is 0 Å². The van der Waals surface area contributed by atoms with E-state index < -0.39 is 5.97 Å². The number of rotatable bonds is 6. The Bertz CT molecular complexity index is 1120. The number of anilines is 1. The number of nitrogens with one attached hydrogen (secondary N) is 1. The van der Waals surface area contributed by atoms with Crippen molar-refractivity contribution in [3.63, 3.8) is 0 Å². The molecule has 3 aromatic rings. The minimum Gasteiger partial charge on any atom is -0.493 e. The molecule has 154 valence electrons. The van der Waals surface area contributed by atoms with Gasteiger partial charge in [-0.25, -0.2) is 9.78 Å². The summed E-state index contributed by atoms with van der Waals surface area (Å²) < 4.78 is 10.7. The lowest BCUT2D eigenvalue weighted by Gasteiger charge is -2.10. The lowest BCUT2D eigenvalue weighted by atomic mass is 10.2. The number of ether oxygens (including phenoxy) is 2. The van der Waals surface area contributed by atoms with Gasteiger partial charge in [-0.2, -0.15) is 5.10 Å². The van der Waals surface area contributed by atoms with E-state index in [0.29, 0.717) is 16.3 Å². The highest BCUT2D eigenvalue weighted by Gasteiger charge is 2.15. The van der Waals surface area contributed by atoms with Gasteiger partial charge in [-0.15, -0.1) is 0 Å². The van der Waals surface area contributed by atoms with Crippen molar-refractivity contribution in [2.45, 2.75) is 0 Å². The first-order chi connectivity index (χ1) is 14.4. The molecular weight excluding hydrogens is 472 g/mol. The second-order valence-electron chi connectivity index (χ2n) is 5.74. The summed E-state index contributed by atoms with van der Waals surface area (Å²) in [7, 11) is 1.46. The number of aromatic nitrogens is 1. The zero-order valence-electron chi connectivity index (χ0n) is 15.3. The Morgan fingerprint density at radius 2 is 1.77 bits per heavy atom. The monoisotopic (exact) mass is 483 g/mol. The molecule has 1 aromatic heterocycles. The number of carbonyl (C=O) groups excluding carboxylic acids is 1. The van der Waals surface area contributed by atoms with Crippen LogP contribution < -0.4 is 14.9 Å². The van der Waals surface area contributed by atoms with E-state index in [-0.39, 0.29) is 32.3 Å². The summed E-state index contributed by atoms with van der Waals surface area (Å²) in [5.41, 5.74) is 3.60. The third kappa shape index (κ3) is 5.34. The average molecular weight is 485 g/mol. The van der Waals surface area contributed by atoms with Gasteiger partial charge in [0.2, 0.25) is 0 Å². The van der Waals surface area contributed by atoms with Gasteiger partial charge < -0.3 is 9.47 Å². The van der Waals surface area contributed by atoms with Crippen LogP contribution in [0.15, 0.2) is 53.6 Å². The Kier molecular flexibility index (Phi) is 7.39. The van der Waals surface area contributed by atoms with Gasteiger partial charge in [0.05, 0.1) is 34.0 Å². The number of esters is 1. The van der Waals surface area contributed by atoms with Crippen molar-refractivity contribution in [3.8, 4) is 11.5 Å². The molecule has 0 spiro atoms. The molecule has 3 rings (SSSR count). The lowest BCUT2D eigenvalue weighted by Crippen LogP contribution is -2.10. The minimum absolute atomic E-state index is 0.102. The molecule has 1 N–H and O–H groups in total. The number of carbonyl (C=O) groups is 1. The standard InChI is InChI=1S/C20H13Cl4N3O3/c1-29-17-8-11(10-25-27-19-15(23)9-14(22)18(24)26-19)6-7-16(17)30-20(28)12-4-2-3-5-13(12)21/h2-10H,1H3,(H,26,27). The van der Waals surface area contributed by atoms with Crippen molar-refractivity contribution in [1.82, 2.24) is 4.98 Å². The average Bonchev–Trinajstić information content (AvgIpc) is 2.73. The summed E-state index contributed by atoms with van der Waals surface area (Å²) in [6.07, 6.45) is 1.50. The van der Waals surface area contributed by atoms with Gasteiger partial charge in [0.25, 0.3) is 0 Å². The van der Waals surface area contributed by atoms with E-state index in [0.717, 1.165) is 0 Å². The largest absolute Gasteiger partial charge is 0.493 e. The van der Waals surface area contributed by atoms with Crippen LogP contribution in [0, 0.1) is 0 Å². The number of hydrogen-bond acceptors (Lipinski definition) is 6. The Morgan fingerprint density at radius 1 is 1.00 bits per heavy atom. The highest BCUT2D eigenvalue weighted by molar-refractivity contribution is 6.42. The van der Waals surface area contributed by atoms with Crippen LogP contribution in [0.2, 0.25) is 20.2 Å². The minimum atomic E-state index is -0.595. The summed E-state index contributed by atoms with van der Waals surface area (Å²) in [6.45, 7) is 0. The van der Waals surface area contributed by atoms with Gasteiger partial charge in [0.15, 0.2) is 17.3 Å². The molecule has 0 fully saturated rings. The van der Waals surface area contributed by atoms with Gasteiger partial charge in [0, 0.05) is 0 Å². The molecule has 0 saturated heterocycles. The smallest absolute Gasteiger partial charge is 0.345 e. The maximum absolute atomic E-state index is 12.4. The molecule has 30 heavy (non-hydrogen) atoms. The quantitative estimate of drug-likeness (QED) is 0.145. The fourth-order valence-corrected chi connectivity index (χ4v) is 3.07. The molecule has 0 radical (unpaired) electrons.